The summed E-state index contributed by atoms with van der Waals surface area (Å²) in [7, 11) is 0. The normalized spacial score (nSPS) is 12.0. The van der Waals surface area contributed by atoms with E-state index in [1.807, 2.05) is 0 Å². The van der Waals surface area contributed by atoms with Crippen LogP contribution in [-0.4, -0.2) is 4.98 Å². The molecule has 0 fully saturated rings. The monoisotopic (exact) mass is 307 g/mol. The lowest BCUT2D eigenvalue weighted by atomic mass is 9.95. The Bertz CT molecular complexity index is 564. The van der Waals surface area contributed by atoms with Crippen LogP contribution in [0.3, 0.4) is 0 Å². The van der Waals surface area contributed by atoms with Crippen molar-refractivity contribution in [3.8, 4) is 0 Å². The molecule has 0 aliphatic carbocycles. The van der Waals surface area contributed by atoms with Crippen LogP contribution >= 0.6 is 15.9 Å². The second kappa shape index (κ2) is 5.08. The van der Waals surface area contributed by atoms with E-state index in [9.17, 15) is 0 Å². The largest absolute Gasteiger partial charge is 0.358 e. The van der Waals surface area contributed by atoms with E-state index in [0.29, 0.717) is 11.8 Å². The van der Waals surface area contributed by atoms with Crippen molar-refractivity contribution in [3.05, 3.63) is 33.4 Å². The fourth-order valence-corrected chi connectivity index (χ4v) is 3.30. The summed E-state index contributed by atoms with van der Waals surface area (Å²) in [6, 6.07) is 4.43. The van der Waals surface area contributed by atoms with E-state index in [2.05, 4.69) is 67.7 Å². The highest BCUT2D eigenvalue weighted by molar-refractivity contribution is 9.10. The average Bonchev–Trinajstić information content (AvgIpc) is 2.54. The van der Waals surface area contributed by atoms with Crippen molar-refractivity contribution in [3.63, 3.8) is 0 Å². The molecular formula is C16H22BrN. The first-order valence-corrected chi connectivity index (χ1v) is 7.50. The molecule has 0 atom stereocenters. The number of aromatic amines is 1. The van der Waals surface area contributed by atoms with Crippen LogP contribution in [0.5, 0.6) is 0 Å². The van der Waals surface area contributed by atoms with Gasteiger partial charge in [-0.05, 0) is 48.4 Å². The van der Waals surface area contributed by atoms with Crippen molar-refractivity contribution in [2.45, 2.75) is 47.0 Å². The highest BCUT2D eigenvalue weighted by Gasteiger charge is 2.16. The van der Waals surface area contributed by atoms with Crippen LogP contribution in [0.25, 0.3) is 10.9 Å². The van der Waals surface area contributed by atoms with Crippen LogP contribution in [-0.2, 0) is 6.42 Å². The molecule has 1 aromatic carbocycles. The molecule has 0 unspecified atom stereocenters. The number of aryl methyl sites for hydroxylation is 1. The number of nitrogens with one attached hydrogen (secondary N) is 1. The number of hydrogen-bond acceptors (Lipinski definition) is 0. The first-order valence-electron chi connectivity index (χ1n) is 6.70. The van der Waals surface area contributed by atoms with Crippen LogP contribution in [0, 0.1) is 12.8 Å². The SMILES string of the molecule is Cc1cc(Br)cc2c(C(C)C)c(CC(C)C)[nH]c12. The van der Waals surface area contributed by atoms with Crippen molar-refractivity contribution in [1.82, 2.24) is 4.98 Å². The minimum Gasteiger partial charge on any atom is -0.358 e. The number of benzene rings is 1. The highest BCUT2D eigenvalue weighted by Crippen LogP contribution is 2.34. The molecule has 18 heavy (non-hydrogen) atoms. The molecule has 1 aromatic heterocycles. The summed E-state index contributed by atoms with van der Waals surface area (Å²) in [5.74, 6) is 1.24. The van der Waals surface area contributed by atoms with Gasteiger partial charge < -0.3 is 4.98 Å². The fourth-order valence-electron chi connectivity index (χ4n) is 2.73. The topological polar surface area (TPSA) is 15.8 Å². The maximum atomic E-state index is 3.65. The average molecular weight is 308 g/mol. The van der Waals surface area contributed by atoms with E-state index in [1.54, 1.807) is 0 Å². The molecule has 0 aliphatic rings. The summed E-state index contributed by atoms with van der Waals surface area (Å²) >= 11 is 3.61. The second-order valence-electron chi connectivity index (χ2n) is 5.92. The van der Waals surface area contributed by atoms with E-state index in [1.165, 1.54) is 32.2 Å². The number of halogens is 1. The summed E-state index contributed by atoms with van der Waals surface area (Å²) < 4.78 is 1.17. The summed E-state index contributed by atoms with van der Waals surface area (Å²) in [6.07, 6.45) is 1.12. The molecule has 1 nitrogen and oxygen atoms in total. The zero-order valence-corrected chi connectivity index (χ0v) is 13.5. The van der Waals surface area contributed by atoms with Gasteiger partial charge in [0, 0.05) is 21.1 Å². The van der Waals surface area contributed by atoms with E-state index in [4.69, 9.17) is 0 Å². The number of hydrogen-bond donors (Lipinski definition) is 1. The van der Waals surface area contributed by atoms with Gasteiger partial charge in [-0.3, -0.25) is 0 Å². The molecule has 0 radical (unpaired) electrons. The predicted molar refractivity (Wildman–Crippen MR) is 83.4 cm³/mol. The number of aromatic nitrogens is 1. The van der Waals surface area contributed by atoms with Crippen LogP contribution in [0.15, 0.2) is 16.6 Å². The van der Waals surface area contributed by atoms with Gasteiger partial charge in [0.05, 0.1) is 0 Å². The molecule has 2 heteroatoms. The van der Waals surface area contributed by atoms with Crippen molar-refractivity contribution in [2.24, 2.45) is 5.92 Å². The Labute approximate surface area is 118 Å². The molecule has 98 valence electrons. The van der Waals surface area contributed by atoms with E-state index in [-0.39, 0.29) is 0 Å². The summed E-state index contributed by atoms with van der Waals surface area (Å²) in [5.41, 5.74) is 5.52. The molecule has 0 aliphatic heterocycles. The minimum atomic E-state index is 0.557. The molecule has 0 saturated carbocycles. The van der Waals surface area contributed by atoms with Crippen LogP contribution in [0.1, 0.15) is 50.4 Å². The molecule has 0 saturated heterocycles. The van der Waals surface area contributed by atoms with Crippen LogP contribution in [0.2, 0.25) is 0 Å². The quantitative estimate of drug-likeness (QED) is 0.764. The number of rotatable bonds is 3. The maximum absolute atomic E-state index is 3.65. The van der Waals surface area contributed by atoms with E-state index >= 15 is 0 Å². The lowest BCUT2D eigenvalue weighted by Gasteiger charge is -2.10. The van der Waals surface area contributed by atoms with Gasteiger partial charge in [-0.15, -0.1) is 0 Å². The predicted octanol–water partition coefficient (Wildman–Crippen LogP) is 5.56. The Morgan fingerprint density at radius 1 is 1.17 bits per heavy atom. The third-order valence-electron chi connectivity index (χ3n) is 3.38. The first kappa shape index (κ1) is 13.7. The summed E-state index contributed by atoms with van der Waals surface area (Å²) in [4.78, 5) is 3.65. The lowest BCUT2D eigenvalue weighted by Crippen LogP contribution is -1.99. The van der Waals surface area contributed by atoms with Gasteiger partial charge in [0.25, 0.3) is 0 Å². The van der Waals surface area contributed by atoms with Crippen molar-refractivity contribution in [2.75, 3.05) is 0 Å². The Balaban J connectivity index is 2.71. The van der Waals surface area contributed by atoms with Gasteiger partial charge >= 0.3 is 0 Å². The number of H-pyrrole nitrogens is 1. The van der Waals surface area contributed by atoms with Gasteiger partial charge in [0.2, 0.25) is 0 Å². The minimum absolute atomic E-state index is 0.557. The molecule has 0 bridgehead atoms. The second-order valence-corrected chi connectivity index (χ2v) is 6.83. The molecule has 0 amide bonds. The van der Waals surface area contributed by atoms with Gasteiger partial charge in [0.1, 0.15) is 0 Å². The third-order valence-corrected chi connectivity index (χ3v) is 3.84. The van der Waals surface area contributed by atoms with Crippen molar-refractivity contribution >= 4 is 26.8 Å². The standard InChI is InChI=1S/C16H22BrN/c1-9(2)6-14-15(10(3)4)13-8-12(17)7-11(5)16(13)18-14/h7-10,18H,6H2,1-5H3. The number of fused-ring (bicyclic) bond motifs is 1. The molecule has 1 heterocycles. The van der Waals surface area contributed by atoms with E-state index in [0.717, 1.165) is 6.42 Å². The zero-order valence-electron chi connectivity index (χ0n) is 11.9. The first-order chi connectivity index (χ1) is 8.40. The maximum Gasteiger partial charge on any atom is 0.0489 e. The third kappa shape index (κ3) is 2.49. The van der Waals surface area contributed by atoms with Crippen molar-refractivity contribution < 1.29 is 0 Å². The summed E-state index contributed by atoms with van der Waals surface area (Å²) in [6.45, 7) is 11.3. The highest BCUT2D eigenvalue weighted by atomic mass is 79.9. The Morgan fingerprint density at radius 3 is 2.39 bits per heavy atom. The fraction of sp³-hybridized carbons (Fsp3) is 0.500. The van der Waals surface area contributed by atoms with Crippen molar-refractivity contribution in [1.29, 1.82) is 0 Å². The Morgan fingerprint density at radius 2 is 1.83 bits per heavy atom. The zero-order chi connectivity index (χ0) is 13.4. The molecule has 1 N–H and O–H groups in total. The van der Waals surface area contributed by atoms with E-state index < -0.39 is 0 Å². The Hall–Kier alpha value is -0.760. The Kier molecular flexibility index (Phi) is 3.86. The van der Waals surface area contributed by atoms with Crippen LogP contribution in [0.4, 0.5) is 0 Å². The molecular weight excluding hydrogens is 286 g/mol. The smallest absolute Gasteiger partial charge is 0.0489 e. The van der Waals surface area contributed by atoms with Crippen LogP contribution < -0.4 is 0 Å². The molecule has 0 spiro atoms. The lowest BCUT2D eigenvalue weighted by molar-refractivity contribution is 0.630. The molecule has 2 aromatic rings. The van der Waals surface area contributed by atoms with Gasteiger partial charge in [-0.2, -0.15) is 0 Å². The van der Waals surface area contributed by atoms with Gasteiger partial charge in [0.15, 0.2) is 0 Å². The van der Waals surface area contributed by atoms with Gasteiger partial charge in [-0.1, -0.05) is 43.6 Å². The summed E-state index contributed by atoms with van der Waals surface area (Å²) in [5, 5.41) is 1.38. The van der Waals surface area contributed by atoms with Gasteiger partial charge in [-0.25, -0.2) is 0 Å². The molecule has 2 rings (SSSR count).